The van der Waals surface area contributed by atoms with Crippen molar-refractivity contribution in [2.75, 3.05) is 6.54 Å². The minimum Gasteiger partial charge on any atom is -0.336 e. The van der Waals surface area contributed by atoms with Crippen LogP contribution in [0.4, 0.5) is 0 Å². The van der Waals surface area contributed by atoms with Crippen molar-refractivity contribution in [3.05, 3.63) is 0 Å². The molecule has 2 aliphatic rings. The fraction of sp³-hybridized carbons (Fsp3) is 0.938. The number of amides is 1. The van der Waals surface area contributed by atoms with Crippen LogP contribution in [0.15, 0.2) is 0 Å². The molecule has 0 aromatic carbocycles. The van der Waals surface area contributed by atoms with E-state index in [1.807, 2.05) is 0 Å². The van der Waals surface area contributed by atoms with Gasteiger partial charge in [-0.2, -0.15) is 0 Å². The van der Waals surface area contributed by atoms with Crippen molar-refractivity contribution in [2.45, 2.75) is 77.8 Å². The largest absolute Gasteiger partial charge is 0.336 e. The molecule has 19 heavy (non-hydrogen) atoms. The van der Waals surface area contributed by atoms with Gasteiger partial charge in [0.25, 0.3) is 0 Å². The van der Waals surface area contributed by atoms with Gasteiger partial charge in [0.05, 0.1) is 5.41 Å². The Bertz CT molecular complexity index is 321. The first-order valence-corrected chi connectivity index (χ1v) is 8.07. The fourth-order valence-electron chi connectivity index (χ4n) is 3.93. The quantitative estimate of drug-likeness (QED) is 0.853. The maximum atomic E-state index is 13.1. The van der Waals surface area contributed by atoms with E-state index in [4.69, 9.17) is 5.73 Å². The normalized spacial score (nSPS) is 39.6. The molecule has 2 N–H and O–H groups in total. The van der Waals surface area contributed by atoms with E-state index < -0.39 is 0 Å². The molecule has 2 fully saturated rings. The molecule has 0 aromatic rings. The van der Waals surface area contributed by atoms with Crippen LogP contribution in [0.25, 0.3) is 0 Å². The molecule has 3 heteroatoms. The van der Waals surface area contributed by atoms with Gasteiger partial charge in [-0.15, -0.1) is 0 Å². The second-order valence-electron chi connectivity index (χ2n) is 6.87. The number of rotatable bonds is 3. The number of hydrogen-bond acceptors (Lipinski definition) is 2. The van der Waals surface area contributed by atoms with E-state index in [-0.39, 0.29) is 5.41 Å². The molecule has 110 valence electrons. The van der Waals surface area contributed by atoms with Crippen molar-refractivity contribution < 1.29 is 4.79 Å². The number of likely N-dealkylation sites (tertiary alicyclic amines) is 1. The van der Waals surface area contributed by atoms with E-state index in [9.17, 15) is 4.79 Å². The van der Waals surface area contributed by atoms with E-state index in [0.717, 1.165) is 44.4 Å². The molecule has 1 aliphatic heterocycles. The zero-order chi connectivity index (χ0) is 14.0. The first-order chi connectivity index (χ1) is 9.04. The molecule has 2 unspecified atom stereocenters. The molecule has 1 heterocycles. The predicted octanol–water partition coefficient (Wildman–Crippen LogP) is 2.93. The van der Waals surface area contributed by atoms with Gasteiger partial charge in [0, 0.05) is 18.6 Å². The van der Waals surface area contributed by atoms with Crippen LogP contribution in [0.3, 0.4) is 0 Å². The van der Waals surface area contributed by atoms with Gasteiger partial charge in [0.2, 0.25) is 5.91 Å². The average Bonchev–Trinajstić information content (AvgIpc) is 2.80. The van der Waals surface area contributed by atoms with E-state index in [1.54, 1.807) is 0 Å². The smallest absolute Gasteiger partial charge is 0.230 e. The predicted molar refractivity (Wildman–Crippen MR) is 78.7 cm³/mol. The van der Waals surface area contributed by atoms with Gasteiger partial charge in [-0.3, -0.25) is 4.79 Å². The van der Waals surface area contributed by atoms with E-state index in [2.05, 4.69) is 25.7 Å². The Morgan fingerprint density at radius 2 is 1.84 bits per heavy atom. The number of carbonyl (C=O) groups is 1. The number of nitrogens with zero attached hydrogens (tertiary/aromatic N) is 1. The topological polar surface area (TPSA) is 46.3 Å². The van der Waals surface area contributed by atoms with Crippen molar-refractivity contribution in [1.82, 2.24) is 4.90 Å². The summed E-state index contributed by atoms with van der Waals surface area (Å²) in [4.78, 5) is 15.3. The molecule has 1 amide bonds. The van der Waals surface area contributed by atoms with Crippen molar-refractivity contribution in [3.63, 3.8) is 0 Å². The third-order valence-corrected chi connectivity index (χ3v) is 5.57. The number of hydrogen-bond donors (Lipinski definition) is 1. The SMILES string of the molecule is CCC1CCC(C)N1C(=O)C1(CN)CCC(C)CC1. The first kappa shape index (κ1) is 14.8. The molecule has 1 saturated carbocycles. The van der Waals surface area contributed by atoms with Crippen LogP contribution in [-0.4, -0.2) is 29.4 Å². The summed E-state index contributed by atoms with van der Waals surface area (Å²) in [6, 6.07) is 0.852. The summed E-state index contributed by atoms with van der Waals surface area (Å²) in [6.45, 7) is 7.21. The molecule has 0 radical (unpaired) electrons. The molecular weight excluding hydrogens is 236 g/mol. The second kappa shape index (κ2) is 5.82. The van der Waals surface area contributed by atoms with Crippen LogP contribution in [0.1, 0.15) is 65.7 Å². The Balaban J connectivity index is 2.16. The van der Waals surface area contributed by atoms with Crippen LogP contribution in [0.2, 0.25) is 0 Å². The Kier molecular flexibility index (Phi) is 4.54. The maximum absolute atomic E-state index is 13.1. The van der Waals surface area contributed by atoms with Crippen LogP contribution >= 0.6 is 0 Å². The average molecular weight is 266 g/mol. The van der Waals surface area contributed by atoms with Crippen LogP contribution in [0.5, 0.6) is 0 Å². The van der Waals surface area contributed by atoms with Gasteiger partial charge in [0.1, 0.15) is 0 Å². The van der Waals surface area contributed by atoms with E-state index in [1.165, 1.54) is 6.42 Å². The second-order valence-corrected chi connectivity index (χ2v) is 6.87. The number of carbonyl (C=O) groups excluding carboxylic acids is 1. The lowest BCUT2D eigenvalue weighted by atomic mass is 9.69. The molecule has 2 atom stereocenters. The molecule has 1 saturated heterocycles. The molecule has 0 bridgehead atoms. The first-order valence-electron chi connectivity index (χ1n) is 8.07. The summed E-state index contributed by atoms with van der Waals surface area (Å²) >= 11 is 0. The molecule has 0 spiro atoms. The Morgan fingerprint density at radius 1 is 1.21 bits per heavy atom. The van der Waals surface area contributed by atoms with Crippen LogP contribution < -0.4 is 5.73 Å². The minimum atomic E-state index is -0.251. The zero-order valence-electron chi connectivity index (χ0n) is 12.8. The minimum absolute atomic E-state index is 0.251. The lowest BCUT2D eigenvalue weighted by Gasteiger charge is -2.42. The molecule has 2 rings (SSSR count). The monoisotopic (exact) mass is 266 g/mol. The lowest BCUT2D eigenvalue weighted by molar-refractivity contribution is -0.147. The highest BCUT2D eigenvalue weighted by Gasteiger charge is 2.46. The Labute approximate surface area is 117 Å². The van der Waals surface area contributed by atoms with Crippen molar-refractivity contribution in [2.24, 2.45) is 17.1 Å². The Hall–Kier alpha value is -0.570. The third-order valence-electron chi connectivity index (χ3n) is 5.57. The summed E-state index contributed by atoms with van der Waals surface area (Å²) in [7, 11) is 0. The van der Waals surface area contributed by atoms with Gasteiger partial charge >= 0.3 is 0 Å². The summed E-state index contributed by atoms with van der Waals surface area (Å²) in [5.74, 6) is 1.11. The van der Waals surface area contributed by atoms with Crippen molar-refractivity contribution in [3.8, 4) is 0 Å². The summed E-state index contributed by atoms with van der Waals surface area (Å²) in [5, 5.41) is 0. The Morgan fingerprint density at radius 3 is 2.37 bits per heavy atom. The molecule has 1 aliphatic carbocycles. The highest BCUT2D eigenvalue weighted by atomic mass is 16.2. The van der Waals surface area contributed by atoms with Gasteiger partial charge in [-0.25, -0.2) is 0 Å². The van der Waals surface area contributed by atoms with Crippen molar-refractivity contribution in [1.29, 1.82) is 0 Å². The summed E-state index contributed by atoms with van der Waals surface area (Å²) < 4.78 is 0. The van der Waals surface area contributed by atoms with Gasteiger partial charge < -0.3 is 10.6 Å². The lowest BCUT2D eigenvalue weighted by Crippen LogP contribution is -2.53. The van der Waals surface area contributed by atoms with Crippen molar-refractivity contribution >= 4 is 5.91 Å². The standard InChI is InChI=1S/C16H30N2O/c1-4-14-6-5-13(3)18(14)15(19)16(11-17)9-7-12(2)8-10-16/h12-14H,4-11,17H2,1-3H3. The van der Waals surface area contributed by atoms with Gasteiger partial charge in [-0.1, -0.05) is 13.8 Å². The van der Waals surface area contributed by atoms with Crippen LogP contribution in [-0.2, 0) is 4.79 Å². The number of nitrogens with two attached hydrogens (primary N) is 1. The van der Waals surface area contributed by atoms with E-state index >= 15 is 0 Å². The molecule has 3 nitrogen and oxygen atoms in total. The summed E-state index contributed by atoms with van der Waals surface area (Å²) in [5.41, 5.74) is 5.79. The highest BCUT2D eigenvalue weighted by Crippen LogP contribution is 2.42. The highest BCUT2D eigenvalue weighted by molar-refractivity contribution is 5.84. The maximum Gasteiger partial charge on any atom is 0.230 e. The van der Waals surface area contributed by atoms with Crippen LogP contribution in [0, 0.1) is 11.3 Å². The third kappa shape index (κ3) is 2.67. The van der Waals surface area contributed by atoms with Gasteiger partial charge in [0.15, 0.2) is 0 Å². The fourth-order valence-corrected chi connectivity index (χ4v) is 3.93. The van der Waals surface area contributed by atoms with Gasteiger partial charge in [-0.05, 0) is 57.8 Å². The zero-order valence-corrected chi connectivity index (χ0v) is 12.8. The summed E-state index contributed by atoms with van der Waals surface area (Å²) in [6.07, 6.45) is 7.69. The van der Waals surface area contributed by atoms with E-state index in [0.29, 0.717) is 24.5 Å². The molecular formula is C16H30N2O. The molecule has 0 aromatic heterocycles.